The van der Waals surface area contributed by atoms with Crippen LogP contribution in [0, 0.1) is 5.92 Å². The molecule has 2 aromatic carbocycles. The Kier molecular flexibility index (Phi) is 11.9. The summed E-state index contributed by atoms with van der Waals surface area (Å²) in [6.45, 7) is 11.2. The fourth-order valence-corrected chi connectivity index (χ4v) is 8.79. The third kappa shape index (κ3) is 9.23. The fourth-order valence-electron chi connectivity index (χ4n) is 8.79. The monoisotopic (exact) mass is 852 g/mol. The zero-order valence-corrected chi connectivity index (χ0v) is 34.8. The predicted molar refractivity (Wildman–Crippen MR) is 231 cm³/mol. The molecule has 4 N–H and O–H groups in total. The van der Waals surface area contributed by atoms with Crippen molar-refractivity contribution < 1.29 is 27.9 Å². The Balaban J connectivity index is 0.854. The van der Waals surface area contributed by atoms with E-state index in [1.54, 1.807) is 48.9 Å². The number of rotatable bonds is 12. The summed E-state index contributed by atoms with van der Waals surface area (Å²) in [4.78, 5) is 55.2. The summed E-state index contributed by atoms with van der Waals surface area (Å²) in [5, 5.41) is 19.3. The lowest BCUT2D eigenvalue weighted by Crippen LogP contribution is -2.47. The molecule has 1 atom stereocenters. The average Bonchev–Trinajstić information content (AvgIpc) is 3.52. The number of halogens is 3. The first-order chi connectivity index (χ1) is 29.6. The lowest BCUT2D eigenvalue weighted by molar-refractivity contribution is -0.137. The Morgan fingerprint density at radius 1 is 0.919 bits per heavy atom. The third-order valence-corrected chi connectivity index (χ3v) is 12.1. The van der Waals surface area contributed by atoms with E-state index in [0.717, 1.165) is 57.1 Å². The second-order valence-corrected chi connectivity index (χ2v) is 17.0. The SMILES string of the molecule is C=CCn1c(=O)c2cnc(Nc3ccc(C4CCN(CC5CCN(c6ccc(NC7CCC(=O)NC7=O)cc6C(F)(F)F)CC5)CC4)cc3)nc2n1-c1cccc(C(C)(C)O)n1. The van der Waals surface area contributed by atoms with Gasteiger partial charge in [0.1, 0.15) is 17.0 Å². The molecule has 0 radical (unpaired) electrons. The number of carbonyl (C=O) groups is 2. The molecular formula is C45H51F3N10O4. The summed E-state index contributed by atoms with van der Waals surface area (Å²) in [6.07, 6.45) is 2.50. The molecular weight excluding hydrogens is 802 g/mol. The highest BCUT2D eigenvalue weighted by molar-refractivity contribution is 6.01. The van der Waals surface area contributed by atoms with Gasteiger partial charge in [-0.15, -0.1) is 6.58 Å². The molecule has 1 unspecified atom stereocenters. The summed E-state index contributed by atoms with van der Waals surface area (Å²) >= 11 is 0. The van der Waals surface area contributed by atoms with Crippen LogP contribution in [-0.4, -0.2) is 84.9 Å². The number of likely N-dealkylation sites (tertiary alicyclic amines) is 1. The maximum absolute atomic E-state index is 14.3. The number of aromatic nitrogens is 5. The van der Waals surface area contributed by atoms with Gasteiger partial charge in [0.25, 0.3) is 5.56 Å². The molecule has 3 aliphatic rings. The van der Waals surface area contributed by atoms with E-state index in [4.69, 9.17) is 4.98 Å². The first-order valence-electron chi connectivity index (χ1n) is 21.1. The van der Waals surface area contributed by atoms with Gasteiger partial charge in [0.15, 0.2) is 11.5 Å². The van der Waals surface area contributed by atoms with Gasteiger partial charge in [-0.1, -0.05) is 24.3 Å². The number of nitrogens with zero attached hydrogens (tertiary/aromatic N) is 7. The number of hydrogen-bond acceptors (Lipinski definition) is 11. The van der Waals surface area contributed by atoms with E-state index in [1.165, 1.54) is 22.5 Å². The highest BCUT2D eigenvalue weighted by atomic mass is 19.4. The van der Waals surface area contributed by atoms with E-state index in [9.17, 15) is 32.7 Å². The van der Waals surface area contributed by atoms with Crippen LogP contribution in [0.3, 0.4) is 0 Å². The Labute approximate surface area is 356 Å². The first-order valence-corrected chi connectivity index (χ1v) is 21.1. The molecule has 3 aromatic heterocycles. The van der Waals surface area contributed by atoms with Gasteiger partial charge in [0.2, 0.25) is 17.8 Å². The normalized spacial score (nSPS) is 18.5. The van der Waals surface area contributed by atoms with Gasteiger partial charge in [-0.3, -0.25) is 19.7 Å². The first kappa shape index (κ1) is 42.6. The molecule has 0 bridgehead atoms. The van der Waals surface area contributed by atoms with Crippen molar-refractivity contribution in [2.24, 2.45) is 5.92 Å². The largest absolute Gasteiger partial charge is 0.418 e. The highest BCUT2D eigenvalue weighted by Gasteiger charge is 2.37. The molecule has 6 heterocycles. The maximum atomic E-state index is 14.3. The van der Waals surface area contributed by atoms with Crippen LogP contribution in [0.5, 0.6) is 0 Å². The van der Waals surface area contributed by atoms with E-state index in [1.807, 2.05) is 17.0 Å². The Morgan fingerprint density at radius 2 is 1.65 bits per heavy atom. The number of nitrogens with one attached hydrogen (secondary N) is 3. The zero-order valence-electron chi connectivity index (χ0n) is 34.8. The van der Waals surface area contributed by atoms with Crippen molar-refractivity contribution in [3.63, 3.8) is 0 Å². The number of pyridine rings is 1. The molecule has 62 heavy (non-hydrogen) atoms. The van der Waals surface area contributed by atoms with Crippen molar-refractivity contribution in [3.8, 4) is 5.82 Å². The molecule has 3 saturated heterocycles. The average molecular weight is 853 g/mol. The van der Waals surface area contributed by atoms with E-state index in [-0.39, 0.29) is 42.2 Å². The number of amides is 2. The van der Waals surface area contributed by atoms with Gasteiger partial charge < -0.3 is 25.5 Å². The molecule has 0 spiro atoms. The van der Waals surface area contributed by atoms with Gasteiger partial charge in [-0.2, -0.15) is 18.2 Å². The molecule has 0 aliphatic carbocycles. The van der Waals surface area contributed by atoms with Crippen molar-refractivity contribution in [3.05, 3.63) is 107 Å². The molecule has 8 rings (SSSR count). The number of alkyl halides is 3. The summed E-state index contributed by atoms with van der Waals surface area (Å²) in [6, 6.07) is 16.9. The highest BCUT2D eigenvalue weighted by Crippen LogP contribution is 2.40. The van der Waals surface area contributed by atoms with Gasteiger partial charge in [-0.05, 0) is 119 Å². The fraction of sp³-hybridized carbons (Fsp3) is 0.422. The third-order valence-electron chi connectivity index (χ3n) is 12.1. The summed E-state index contributed by atoms with van der Waals surface area (Å²) < 4.78 is 46.0. The number of imide groups is 1. The van der Waals surface area contributed by atoms with Crippen molar-refractivity contribution in [1.29, 1.82) is 0 Å². The van der Waals surface area contributed by atoms with E-state index < -0.39 is 29.3 Å². The number of benzene rings is 2. The van der Waals surface area contributed by atoms with Crippen LogP contribution in [0.1, 0.15) is 75.1 Å². The van der Waals surface area contributed by atoms with Crippen LogP contribution < -0.4 is 26.4 Å². The number of anilines is 4. The lowest BCUT2D eigenvalue weighted by atomic mass is 9.88. The van der Waals surface area contributed by atoms with Crippen LogP contribution in [0.15, 0.2) is 84.3 Å². The zero-order chi connectivity index (χ0) is 43.8. The Hall–Kier alpha value is -6.07. The van der Waals surface area contributed by atoms with Crippen molar-refractivity contribution in [2.45, 2.75) is 82.7 Å². The van der Waals surface area contributed by atoms with Gasteiger partial charge in [-0.25, -0.2) is 19.3 Å². The van der Waals surface area contributed by atoms with Gasteiger partial charge in [0, 0.05) is 49.3 Å². The maximum Gasteiger partial charge on any atom is 0.418 e. The van der Waals surface area contributed by atoms with Gasteiger partial charge in [0.05, 0.1) is 17.8 Å². The molecule has 14 nitrogen and oxygen atoms in total. The quantitative estimate of drug-likeness (QED) is 0.0805. The molecule has 2 amide bonds. The van der Waals surface area contributed by atoms with Crippen molar-refractivity contribution >= 4 is 45.9 Å². The standard InChI is InChI=1S/C45H51F3N10O4/c1-4-20-57-42(61)33-26-49-43(54-40(33)58(57)38-7-5-6-37(52-38)44(2,3)62)51-31-10-8-29(9-11-31)30-18-21-55(22-19-30)27-28-16-23-56(24-17-28)36-14-12-32(25-34(36)45(46,47)48)50-35-13-15-39(59)53-41(35)60/h4-12,14,25-26,28,30,35,50,62H,1,13,15-24,27H2,2-3H3,(H,49,51,54)(H,53,59,60). The minimum Gasteiger partial charge on any atom is -0.384 e. The van der Waals surface area contributed by atoms with Crippen LogP contribution in [-0.2, 0) is 27.9 Å². The summed E-state index contributed by atoms with van der Waals surface area (Å²) in [7, 11) is 0. The number of aliphatic hydroxyl groups is 1. The van der Waals surface area contributed by atoms with Crippen LogP contribution in [0.2, 0.25) is 0 Å². The second-order valence-electron chi connectivity index (χ2n) is 17.0. The van der Waals surface area contributed by atoms with Crippen LogP contribution >= 0.6 is 0 Å². The number of fused-ring (bicyclic) bond motifs is 1. The molecule has 17 heteroatoms. The number of hydrogen-bond donors (Lipinski definition) is 4. The van der Waals surface area contributed by atoms with Gasteiger partial charge >= 0.3 is 6.18 Å². The van der Waals surface area contributed by atoms with E-state index >= 15 is 0 Å². The van der Waals surface area contributed by atoms with Crippen LogP contribution in [0.4, 0.5) is 36.2 Å². The number of allylic oxidation sites excluding steroid dienone is 1. The topological polar surface area (TPSA) is 163 Å². The van der Waals surface area contributed by atoms with E-state index in [2.05, 4.69) is 49.5 Å². The molecule has 0 saturated carbocycles. The predicted octanol–water partition coefficient (Wildman–Crippen LogP) is 6.47. The summed E-state index contributed by atoms with van der Waals surface area (Å²) in [5.41, 5.74) is 0.979. The lowest BCUT2D eigenvalue weighted by Gasteiger charge is -2.39. The Bertz CT molecular complexity index is 2510. The van der Waals surface area contributed by atoms with Crippen molar-refractivity contribution in [1.82, 2.24) is 34.5 Å². The minimum atomic E-state index is -4.57. The molecule has 5 aromatic rings. The second kappa shape index (κ2) is 17.4. The molecule has 3 fully saturated rings. The number of carbonyl (C=O) groups excluding carboxylic acids is 2. The number of piperidine rings is 3. The Morgan fingerprint density at radius 3 is 2.32 bits per heavy atom. The van der Waals surface area contributed by atoms with Crippen LogP contribution in [0.25, 0.3) is 16.9 Å². The molecule has 326 valence electrons. The van der Waals surface area contributed by atoms with Crippen molar-refractivity contribution in [2.75, 3.05) is 48.3 Å². The molecule has 3 aliphatic heterocycles. The smallest absolute Gasteiger partial charge is 0.384 e. The minimum absolute atomic E-state index is 0.132. The van der Waals surface area contributed by atoms with E-state index in [0.29, 0.717) is 53.4 Å². The summed E-state index contributed by atoms with van der Waals surface area (Å²) in [5.74, 6) is 0.607.